The second-order valence-electron chi connectivity index (χ2n) is 5.14. The summed E-state index contributed by atoms with van der Waals surface area (Å²) < 4.78 is 5.79. The van der Waals surface area contributed by atoms with E-state index < -0.39 is 0 Å². The second-order valence-corrected chi connectivity index (χ2v) is 5.14. The number of carbonyl (C=O) groups is 1. The molecular weight excluding hydrogens is 238 g/mol. The van der Waals surface area contributed by atoms with Gasteiger partial charge >= 0.3 is 0 Å². The number of rotatable bonds is 8. The number of aryl methyl sites for hydroxylation is 1. The monoisotopic (exact) mass is 263 g/mol. The van der Waals surface area contributed by atoms with Crippen LogP contribution in [0.1, 0.15) is 45.6 Å². The van der Waals surface area contributed by atoms with Crippen LogP contribution in [0.2, 0.25) is 0 Å². The minimum atomic E-state index is 0.102. The molecule has 0 bridgehead atoms. The van der Waals surface area contributed by atoms with E-state index >= 15 is 0 Å². The molecule has 0 aromatic heterocycles. The van der Waals surface area contributed by atoms with Crippen molar-refractivity contribution in [3.8, 4) is 5.75 Å². The SMILES string of the molecule is CCCCCN(C=O)c1cc(C)ccc1OC(C)C. The van der Waals surface area contributed by atoms with Crippen LogP contribution < -0.4 is 9.64 Å². The largest absolute Gasteiger partial charge is 0.489 e. The molecule has 0 spiro atoms. The van der Waals surface area contributed by atoms with Gasteiger partial charge in [0.2, 0.25) is 6.41 Å². The van der Waals surface area contributed by atoms with Gasteiger partial charge in [-0.2, -0.15) is 0 Å². The van der Waals surface area contributed by atoms with Gasteiger partial charge in [-0.05, 0) is 44.9 Å². The molecule has 1 aromatic carbocycles. The van der Waals surface area contributed by atoms with Crippen LogP contribution in [0.5, 0.6) is 5.75 Å². The first-order valence-electron chi connectivity index (χ1n) is 7.07. The van der Waals surface area contributed by atoms with Crippen LogP contribution in [0, 0.1) is 6.92 Å². The maximum Gasteiger partial charge on any atom is 0.214 e. The van der Waals surface area contributed by atoms with E-state index in [0.29, 0.717) is 0 Å². The predicted molar refractivity (Wildman–Crippen MR) is 79.9 cm³/mol. The summed E-state index contributed by atoms with van der Waals surface area (Å²) in [7, 11) is 0. The molecule has 0 radical (unpaired) electrons. The number of benzene rings is 1. The summed E-state index contributed by atoms with van der Waals surface area (Å²) in [5.74, 6) is 0.782. The van der Waals surface area contributed by atoms with Gasteiger partial charge in [0.25, 0.3) is 0 Å². The molecule has 0 atom stereocenters. The number of anilines is 1. The molecule has 0 unspecified atom stereocenters. The number of nitrogens with zero attached hydrogens (tertiary/aromatic N) is 1. The molecule has 0 saturated heterocycles. The zero-order valence-electron chi connectivity index (χ0n) is 12.5. The third-order valence-corrected chi connectivity index (χ3v) is 2.92. The fraction of sp³-hybridized carbons (Fsp3) is 0.562. The molecule has 19 heavy (non-hydrogen) atoms. The molecule has 1 amide bonds. The Morgan fingerprint density at radius 3 is 2.63 bits per heavy atom. The van der Waals surface area contributed by atoms with E-state index in [-0.39, 0.29) is 6.10 Å². The standard InChI is InChI=1S/C16H25NO2/c1-5-6-7-10-17(12-18)15-11-14(4)8-9-16(15)19-13(2)3/h8-9,11-13H,5-7,10H2,1-4H3. The minimum absolute atomic E-state index is 0.102. The van der Waals surface area contributed by atoms with E-state index in [2.05, 4.69) is 6.92 Å². The third kappa shape index (κ3) is 4.93. The van der Waals surface area contributed by atoms with Crippen LogP contribution in [-0.2, 0) is 4.79 Å². The Labute approximate surface area is 116 Å². The van der Waals surface area contributed by atoms with Gasteiger partial charge in [0, 0.05) is 6.54 Å². The van der Waals surface area contributed by atoms with Crippen molar-refractivity contribution in [1.82, 2.24) is 0 Å². The van der Waals surface area contributed by atoms with E-state index in [1.165, 1.54) is 0 Å². The molecule has 0 fully saturated rings. The van der Waals surface area contributed by atoms with Crippen molar-refractivity contribution in [3.05, 3.63) is 23.8 Å². The van der Waals surface area contributed by atoms with Crippen molar-refractivity contribution in [1.29, 1.82) is 0 Å². The first kappa shape index (κ1) is 15.5. The van der Waals surface area contributed by atoms with Crippen LogP contribution in [0.4, 0.5) is 5.69 Å². The van der Waals surface area contributed by atoms with Crippen molar-refractivity contribution in [2.45, 2.75) is 53.1 Å². The molecule has 1 aromatic rings. The Kier molecular flexibility index (Phi) is 6.40. The van der Waals surface area contributed by atoms with E-state index in [4.69, 9.17) is 4.74 Å². The lowest BCUT2D eigenvalue weighted by molar-refractivity contribution is -0.107. The average Bonchev–Trinajstić information content (AvgIpc) is 2.37. The van der Waals surface area contributed by atoms with Gasteiger partial charge in [-0.15, -0.1) is 0 Å². The van der Waals surface area contributed by atoms with E-state index in [1.807, 2.05) is 39.0 Å². The summed E-state index contributed by atoms with van der Waals surface area (Å²) >= 11 is 0. The topological polar surface area (TPSA) is 29.5 Å². The van der Waals surface area contributed by atoms with Crippen molar-refractivity contribution in [2.75, 3.05) is 11.4 Å². The van der Waals surface area contributed by atoms with Gasteiger partial charge in [0.1, 0.15) is 5.75 Å². The number of carbonyl (C=O) groups excluding carboxylic acids is 1. The predicted octanol–water partition coefficient (Wildman–Crippen LogP) is 3.94. The average molecular weight is 263 g/mol. The van der Waals surface area contributed by atoms with E-state index in [9.17, 15) is 4.79 Å². The molecule has 3 nitrogen and oxygen atoms in total. The van der Waals surface area contributed by atoms with Crippen LogP contribution in [0.3, 0.4) is 0 Å². The van der Waals surface area contributed by atoms with Crippen molar-refractivity contribution in [2.24, 2.45) is 0 Å². The number of amides is 1. The molecule has 0 heterocycles. The zero-order chi connectivity index (χ0) is 14.3. The molecule has 0 saturated carbocycles. The van der Waals surface area contributed by atoms with E-state index in [1.54, 1.807) is 4.90 Å². The van der Waals surface area contributed by atoms with Crippen LogP contribution in [-0.4, -0.2) is 19.1 Å². The normalized spacial score (nSPS) is 10.6. The van der Waals surface area contributed by atoms with Crippen LogP contribution >= 0.6 is 0 Å². The molecule has 1 rings (SSSR count). The lowest BCUT2D eigenvalue weighted by Gasteiger charge is -2.22. The van der Waals surface area contributed by atoms with Gasteiger partial charge in [-0.25, -0.2) is 0 Å². The van der Waals surface area contributed by atoms with Gasteiger partial charge in [0.15, 0.2) is 0 Å². The number of unbranched alkanes of at least 4 members (excludes halogenated alkanes) is 2. The van der Waals surface area contributed by atoms with E-state index in [0.717, 1.165) is 49.2 Å². The molecule has 0 N–H and O–H groups in total. The van der Waals surface area contributed by atoms with Crippen molar-refractivity contribution >= 4 is 12.1 Å². The summed E-state index contributed by atoms with van der Waals surface area (Å²) in [6, 6.07) is 5.97. The van der Waals surface area contributed by atoms with Crippen LogP contribution in [0.15, 0.2) is 18.2 Å². The molecule has 0 aliphatic heterocycles. The Morgan fingerprint density at radius 2 is 2.05 bits per heavy atom. The highest BCUT2D eigenvalue weighted by Crippen LogP contribution is 2.30. The minimum Gasteiger partial charge on any atom is -0.489 e. The highest BCUT2D eigenvalue weighted by Gasteiger charge is 2.12. The Morgan fingerprint density at radius 1 is 1.32 bits per heavy atom. The van der Waals surface area contributed by atoms with Crippen LogP contribution in [0.25, 0.3) is 0 Å². The van der Waals surface area contributed by atoms with Gasteiger partial charge in [0.05, 0.1) is 11.8 Å². The first-order chi connectivity index (χ1) is 9.08. The van der Waals surface area contributed by atoms with Crippen molar-refractivity contribution in [3.63, 3.8) is 0 Å². The summed E-state index contributed by atoms with van der Waals surface area (Å²) in [6.07, 6.45) is 4.31. The maximum atomic E-state index is 11.3. The quantitative estimate of drug-likeness (QED) is 0.525. The molecule has 0 aliphatic carbocycles. The lowest BCUT2D eigenvalue weighted by Crippen LogP contribution is -2.23. The number of hydrogen-bond donors (Lipinski definition) is 0. The highest BCUT2D eigenvalue weighted by atomic mass is 16.5. The van der Waals surface area contributed by atoms with Gasteiger partial charge < -0.3 is 9.64 Å². The Bertz CT molecular complexity index is 402. The first-order valence-corrected chi connectivity index (χ1v) is 7.07. The molecule has 3 heteroatoms. The summed E-state index contributed by atoms with van der Waals surface area (Å²) in [6.45, 7) is 8.91. The maximum absolute atomic E-state index is 11.3. The highest BCUT2D eigenvalue weighted by molar-refractivity contribution is 5.79. The zero-order valence-corrected chi connectivity index (χ0v) is 12.5. The Hall–Kier alpha value is -1.51. The fourth-order valence-electron chi connectivity index (χ4n) is 1.97. The Balaban J connectivity index is 2.92. The molecular formula is C16H25NO2. The van der Waals surface area contributed by atoms with Gasteiger partial charge in [-0.1, -0.05) is 25.8 Å². The summed E-state index contributed by atoms with van der Waals surface area (Å²) in [4.78, 5) is 13.1. The summed E-state index contributed by atoms with van der Waals surface area (Å²) in [5, 5.41) is 0. The van der Waals surface area contributed by atoms with Crippen molar-refractivity contribution < 1.29 is 9.53 Å². The molecule has 106 valence electrons. The lowest BCUT2D eigenvalue weighted by atomic mass is 10.1. The molecule has 0 aliphatic rings. The third-order valence-electron chi connectivity index (χ3n) is 2.92. The smallest absolute Gasteiger partial charge is 0.214 e. The second kappa shape index (κ2) is 7.82. The fourth-order valence-corrected chi connectivity index (χ4v) is 1.97. The summed E-state index contributed by atoms with van der Waals surface area (Å²) in [5.41, 5.74) is 2.01. The number of hydrogen-bond acceptors (Lipinski definition) is 2. The van der Waals surface area contributed by atoms with Gasteiger partial charge in [-0.3, -0.25) is 4.79 Å². The number of ether oxygens (including phenoxy) is 1.